The summed E-state index contributed by atoms with van der Waals surface area (Å²) in [5, 5.41) is 0.281. The van der Waals surface area contributed by atoms with Crippen molar-refractivity contribution in [2.75, 3.05) is 13.1 Å². The van der Waals surface area contributed by atoms with Crippen LogP contribution in [-0.4, -0.2) is 31.9 Å². The lowest BCUT2D eigenvalue weighted by atomic mass is 9.98. The highest BCUT2D eigenvalue weighted by Crippen LogP contribution is 2.39. The molecule has 4 nitrogen and oxygen atoms in total. The highest BCUT2D eigenvalue weighted by atomic mass is 35.5. The molecule has 0 bridgehead atoms. The molecular formula is C13H18Cl2N2O2S. The fourth-order valence-corrected chi connectivity index (χ4v) is 5.28. The van der Waals surface area contributed by atoms with Crippen molar-refractivity contribution in [1.29, 1.82) is 0 Å². The monoisotopic (exact) mass is 336 g/mol. The van der Waals surface area contributed by atoms with Gasteiger partial charge in [-0.1, -0.05) is 23.7 Å². The summed E-state index contributed by atoms with van der Waals surface area (Å²) >= 11 is 6.01. The Labute approximate surface area is 130 Å². The molecule has 3 atom stereocenters. The van der Waals surface area contributed by atoms with E-state index >= 15 is 0 Å². The van der Waals surface area contributed by atoms with Gasteiger partial charge in [0.05, 0.1) is 5.02 Å². The molecule has 1 aliphatic carbocycles. The van der Waals surface area contributed by atoms with E-state index in [0.29, 0.717) is 24.9 Å². The maximum absolute atomic E-state index is 12.6. The number of hydrogen-bond acceptors (Lipinski definition) is 3. The first kappa shape index (κ1) is 16.0. The van der Waals surface area contributed by atoms with E-state index in [1.165, 1.54) is 0 Å². The van der Waals surface area contributed by atoms with Crippen LogP contribution in [0.3, 0.4) is 0 Å². The van der Waals surface area contributed by atoms with Crippen molar-refractivity contribution >= 4 is 34.0 Å². The highest BCUT2D eigenvalue weighted by molar-refractivity contribution is 7.89. The van der Waals surface area contributed by atoms with Gasteiger partial charge in [-0.05, 0) is 36.8 Å². The number of rotatable bonds is 2. The van der Waals surface area contributed by atoms with Gasteiger partial charge >= 0.3 is 0 Å². The van der Waals surface area contributed by atoms with E-state index in [1.807, 2.05) is 0 Å². The van der Waals surface area contributed by atoms with E-state index in [-0.39, 0.29) is 28.4 Å². The van der Waals surface area contributed by atoms with E-state index in [1.54, 1.807) is 28.6 Å². The molecule has 2 aliphatic rings. The van der Waals surface area contributed by atoms with Gasteiger partial charge in [0.25, 0.3) is 0 Å². The molecule has 2 N–H and O–H groups in total. The van der Waals surface area contributed by atoms with Gasteiger partial charge in [-0.15, -0.1) is 12.4 Å². The number of hydrogen-bond donors (Lipinski definition) is 1. The third-order valence-corrected chi connectivity index (χ3v) is 6.66. The predicted octanol–water partition coefficient (Wildman–Crippen LogP) is 2.12. The van der Waals surface area contributed by atoms with Crippen molar-refractivity contribution in [1.82, 2.24) is 4.31 Å². The Bertz CT molecular complexity index is 594. The molecule has 0 aromatic heterocycles. The average molecular weight is 337 g/mol. The maximum Gasteiger partial charge on any atom is 0.244 e. The number of sulfonamides is 1. The molecule has 0 amide bonds. The molecule has 1 aromatic carbocycles. The average Bonchev–Trinajstić information content (AvgIpc) is 2.93. The van der Waals surface area contributed by atoms with Crippen LogP contribution in [0.2, 0.25) is 5.02 Å². The second-order valence-corrected chi connectivity index (χ2v) is 7.73. The van der Waals surface area contributed by atoms with Crippen LogP contribution in [0.15, 0.2) is 29.2 Å². The van der Waals surface area contributed by atoms with Crippen LogP contribution in [0.4, 0.5) is 0 Å². The topological polar surface area (TPSA) is 63.4 Å². The lowest BCUT2D eigenvalue weighted by Crippen LogP contribution is -2.33. The summed E-state index contributed by atoms with van der Waals surface area (Å²) in [7, 11) is -3.49. The lowest BCUT2D eigenvalue weighted by molar-refractivity contribution is 0.427. The zero-order valence-electron chi connectivity index (χ0n) is 10.9. The highest BCUT2D eigenvalue weighted by Gasteiger charge is 2.45. The number of fused-ring (bicyclic) bond motifs is 1. The Morgan fingerprint density at radius 1 is 1.20 bits per heavy atom. The largest absolute Gasteiger partial charge is 0.327 e. The zero-order valence-corrected chi connectivity index (χ0v) is 13.3. The summed E-state index contributed by atoms with van der Waals surface area (Å²) in [5.41, 5.74) is 6.05. The Kier molecular flexibility index (Phi) is 4.66. The first-order valence-corrected chi connectivity index (χ1v) is 8.32. The van der Waals surface area contributed by atoms with Gasteiger partial charge in [0.1, 0.15) is 4.90 Å². The number of nitrogens with zero attached hydrogens (tertiary/aromatic N) is 1. The molecule has 20 heavy (non-hydrogen) atoms. The minimum Gasteiger partial charge on any atom is -0.327 e. The molecule has 1 aliphatic heterocycles. The molecule has 2 fully saturated rings. The van der Waals surface area contributed by atoms with Crippen molar-refractivity contribution in [3.8, 4) is 0 Å². The molecule has 112 valence electrons. The van der Waals surface area contributed by atoms with E-state index in [2.05, 4.69) is 0 Å². The fraction of sp³-hybridized carbons (Fsp3) is 0.538. The summed E-state index contributed by atoms with van der Waals surface area (Å²) in [6.45, 7) is 1.10. The smallest absolute Gasteiger partial charge is 0.244 e. The second kappa shape index (κ2) is 5.81. The van der Waals surface area contributed by atoms with Crippen molar-refractivity contribution in [3.05, 3.63) is 29.3 Å². The van der Waals surface area contributed by atoms with Crippen LogP contribution >= 0.6 is 24.0 Å². The summed E-state index contributed by atoms with van der Waals surface area (Å²) in [5.74, 6) is 0.713. The van der Waals surface area contributed by atoms with Crippen molar-refractivity contribution in [3.63, 3.8) is 0 Å². The summed E-state index contributed by atoms with van der Waals surface area (Å²) < 4.78 is 26.7. The van der Waals surface area contributed by atoms with Crippen molar-refractivity contribution in [2.24, 2.45) is 17.6 Å². The molecule has 0 spiro atoms. The summed E-state index contributed by atoms with van der Waals surface area (Å²) in [4.78, 5) is 0.199. The van der Waals surface area contributed by atoms with Crippen LogP contribution < -0.4 is 5.73 Å². The van der Waals surface area contributed by atoms with Crippen LogP contribution in [0.1, 0.15) is 12.8 Å². The minimum absolute atomic E-state index is 0. The Hall–Kier alpha value is -0.330. The summed E-state index contributed by atoms with van der Waals surface area (Å²) in [6, 6.07) is 6.73. The zero-order chi connectivity index (χ0) is 13.6. The lowest BCUT2D eigenvalue weighted by Gasteiger charge is -2.19. The van der Waals surface area contributed by atoms with Gasteiger partial charge in [0.2, 0.25) is 10.0 Å². The quantitative estimate of drug-likeness (QED) is 0.899. The third kappa shape index (κ3) is 2.57. The van der Waals surface area contributed by atoms with Crippen molar-refractivity contribution in [2.45, 2.75) is 23.8 Å². The fourth-order valence-electron chi connectivity index (χ4n) is 3.26. The van der Waals surface area contributed by atoms with Gasteiger partial charge < -0.3 is 5.73 Å². The Balaban J connectivity index is 0.00000147. The van der Waals surface area contributed by atoms with Gasteiger partial charge in [0, 0.05) is 19.1 Å². The molecule has 1 saturated carbocycles. The maximum atomic E-state index is 12.6. The SMILES string of the molecule is Cl.NC1CCC2CN(S(=O)(=O)c3ccccc3Cl)CC12. The third-order valence-electron chi connectivity index (χ3n) is 4.33. The van der Waals surface area contributed by atoms with Crippen LogP contribution in [-0.2, 0) is 10.0 Å². The van der Waals surface area contributed by atoms with Crippen molar-refractivity contribution < 1.29 is 8.42 Å². The van der Waals surface area contributed by atoms with Gasteiger partial charge in [0.15, 0.2) is 0 Å². The molecule has 1 saturated heterocycles. The molecule has 1 heterocycles. The minimum atomic E-state index is -3.49. The van der Waals surface area contributed by atoms with Crippen LogP contribution in [0, 0.1) is 11.8 Å². The molecular weight excluding hydrogens is 319 g/mol. The van der Waals surface area contributed by atoms with Gasteiger partial charge in [-0.2, -0.15) is 4.31 Å². The number of halogens is 2. The molecule has 3 rings (SSSR count). The summed E-state index contributed by atoms with van der Waals surface area (Å²) in [6.07, 6.45) is 2.04. The first-order chi connectivity index (χ1) is 9.00. The van der Waals surface area contributed by atoms with Crippen LogP contribution in [0.5, 0.6) is 0 Å². The van der Waals surface area contributed by atoms with E-state index in [0.717, 1.165) is 12.8 Å². The van der Waals surface area contributed by atoms with Gasteiger partial charge in [-0.3, -0.25) is 0 Å². The van der Waals surface area contributed by atoms with Crippen LogP contribution in [0.25, 0.3) is 0 Å². The van der Waals surface area contributed by atoms with E-state index in [9.17, 15) is 8.42 Å². The first-order valence-electron chi connectivity index (χ1n) is 6.50. The standard InChI is InChI=1S/C13H17ClN2O2S.ClH/c14-11-3-1-2-4-13(11)19(17,18)16-7-9-5-6-12(15)10(9)8-16;/h1-4,9-10,12H,5-8,15H2;1H. The van der Waals surface area contributed by atoms with Gasteiger partial charge in [-0.25, -0.2) is 8.42 Å². The Morgan fingerprint density at radius 2 is 1.90 bits per heavy atom. The molecule has 7 heteroatoms. The normalized spacial score (nSPS) is 30.0. The Morgan fingerprint density at radius 3 is 2.55 bits per heavy atom. The number of benzene rings is 1. The van der Waals surface area contributed by atoms with E-state index < -0.39 is 10.0 Å². The molecule has 3 unspecified atom stereocenters. The van der Waals surface area contributed by atoms with E-state index in [4.69, 9.17) is 17.3 Å². The number of nitrogens with two attached hydrogens (primary N) is 1. The molecule has 1 aromatic rings. The molecule has 0 radical (unpaired) electrons. The predicted molar refractivity (Wildman–Crippen MR) is 81.6 cm³/mol. The second-order valence-electron chi connectivity index (χ2n) is 5.42.